The summed E-state index contributed by atoms with van der Waals surface area (Å²) in [6.07, 6.45) is 13.3. The molecule has 0 aliphatic carbocycles. The molecule has 0 radical (unpaired) electrons. The van der Waals surface area contributed by atoms with Crippen LogP contribution in [0.2, 0.25) is 0 Å². The van der Waals surface area contributed by atoms with Crippen molar-refractivity contribution < 1.29 is 26.7 Å². The van der Waals surface area contributed by atoms with Crippen molar-refractivity contribution in [2.75, 3.05) is 6.61 Å². The molecular weight excluding hydrogens is 314 g/mol. The van der Waals surface area contributed by atoms with Gasteiger partial charge in [-0.2, -0.15) is 0 Å². The van der Waals surface area contributed by atoms with E-state index in [1.807, 2.05) is 0 Å². The van der Waals surface area contributed by atoms with Gasteiger partial charge in [0.05, 0.1) is 0 Å². The summed E-state index contributed by atoms with van der Waals surface area (Å²) >= 11 is 0. The van der Waals surface area contributed by atoms with Gasteiger partial charge in [-0.1, -0.05) is 38.7 Å². The minimum Gasteiger partial charge on any atom is -1.00 e. The number of hydrogen-bond acceptors (Lipinski definition) is 1. The lowest BCUT2D eigenvalue weighted by Crippen LogP contribution is -3.00. The lowest BCUT2D eigenvalue weighted by atomic mass is 10.1. The van der Waals surface area contributed by atoms with E-state index in [4.69, 9.17) is 5.11 Å². The fourth-order valence-corrected chi connectivity index (χ4v) is 2.44. The van der Waals surface area contributed by atoms with Crippen molar-refractivity contribution in [1.29, 1.82) is 0 Å². The van der Waals surface area contributed by atoms with E-state index >= 15 is 0 Å². The molecule has 3 heteroatoms. The normalized spacial score (nSPS) is 10.3. The minimum atomic E-state index is 0. The van der Waals surface area contributed by atoms with E-state index in [-0.39, 0.29) is 17.0 Å². The van der Waals surface area contributed by atoms with Crippen LogP contribution in [0.1, 0.15) is 64.0 Å². The maximum Gasteiger partial charge on any atom is 0.181 e. The number of unbranched alkanes of at least 4 members (excludes halogenated alkanes) is 6. The van der Waals surface area contributed by atoms with Crippen molar-refractivity contribution in [3.63, 3.8) is 0 Å². The fourth-order valence-electron chi connectivity index (χ4n) is 2.44. The molecule has 0 amide bonds. The molecule has 1 N–H and O–H groups in total. The summed E-state index contributed by atoms with van der Waals surface area (Å²) in [5, 5.41) is 8.76. The minimum absolute atomic E-state index is 0. The Morgan fingerprint density at radius 1 is 0.950 bits per heavy atom. The van der Waals surface area contributed by atoms with E-state index in [2.05, 4.69) is 35.9 Å². The summed E-state index contributed by atoms with van der Waals surface area (Å²) in [5.74, 6) is 0. The van der Waals surface area contributed by atoms with Crippen LogP contribution in [0, 0.1) is 0 Å². The van der Waals surface area contributed by atoms with Crippen molar-refractivity contribution in [3.8, 4) is 0 Å². The average Bonchev–Trinajstić information content (AvgIpc) is 2.45. The van der Waals surface area contributed by atoms with Gasteiger partial charge in [-0.3, -0.25) is 0 Å². The van der Waals surface area contributed by atoms with E-state index in [0.29, 0.717) is 6.61 Å². The smallest absolute Gasteiger partial charge is 0.181 e. The molecule has 0 saturated heterocycles. The third-order valence-electron chi connectivity index (χ3n) is 3.63. The zero-order chi connectivity index (χ0) is 13.8. The molecule has 1 aromatic heterocycles. The van der Waals surface area contributed by atoms with Gasteiger partial charge in [0.1, 0.15) is 6.54 Å². The van der Waals surface area contributed by atoms with E-state index in [1.165, 1.54) is 50.6 Å². The molecule has 0 atom stereocenters. The van der Waals surface area contributed by atoms with Crippen LogP contribution in [0.5, 0.6) is 0 Å². The summed E-state index contributed by atoms with van der Waals surface area (Å²) in [4.78, 5) is 0. The SMILES string of the molecule is CCCCCCc1cccc[n+]1CCCCCCO.[Br-]. The third-order valence-corrected chi connectivity index (χ3v) is 3.63. The quantitative estimate of drug-likeness (QED) is 0.463. The summed E-state index contributed by atoms with van der Waals surface area (Å²) in [6, 6.07) is 6.54. The first-order chi connectivity index (χ1) is 9.38. The van der Waals surface area contributed by atoms with Gasteiger partial charge in [0, 0.05) is 31.6 Å². The zero-order valence-corrected chi connectivity index (χ0v) is 14.4. The van der Waals surface area contributed by atoms with Gasteiger partial charge in [-0.25, -0.2) is 4.57 Å². The van der Waals surface area contributed by atoms with Crippen molar-refractivity contribution in [3.05, 3.63) is 30.1 Å². The van der Waals surface area contributed by atoms with Gasteiger partial charge in [0.15, 0.2) is 11.9 Å². The van der Waals surface area contributed by atoms with Crippen molar-refractivity contribution >= 4 is 0 Å². The van der Waals surface area contributed by atoms with Gasteiger partial charge in [-0.15, -0.1) is 0 Å². The van der Waals surface area contributed by atoms with Crippen molar-refractivity contribution in [1.82, 2.24) is 0 Å². The predicted molar refractivity (Wildman–Crippen MR) is 80.0 cm³/mol. The van der Waals surface area contributed by atoms with E-state index < -0.39 is 0 Å². The Bertz CT molecular complexity index is 331. The second-order valence-electron chi connectivity index (χ2n) is 5.33. The average molecular weight is 344 g/mol. The Labute approximate surface area is 135 Å². The molecule has 20 heavy (non-hydrogen) atoms. The van der Waals surface area contributed by atoms with Crippen LogP contribution in [-0.4, -0.2) is 11.7 Å². The first-order valence-corrected chi connectivity index (χ1v) is 7.96. The molecule has 0 bridgehead atoms. The van der Waals surface area contributed by atoms with Gasteiger partial charge < -0.3 is 22.1 Å². The number of halogens is 1. The molecule has 1 rings (SSSR count). The van der Waals surface area contributed by atoms with Crippen LogP contribution in [0.4, 0.5) is 0 Å². The molecular formula is C17H30BrNO. The van der Waals surface area contributed by atoms with Gasteiger partial charge in [-0.05, 0) is 19.3 Å². The molecule has 0 aromatic carbocycles. The highest BCUT2D eigenvalue weighted by Crippen LogP contribution is 2.05. The number of aliphatic hydroxyl groups excluding tert-OH is 1. The van der Waals surface area contributed by atoms with Crippen LogP contribution in [0.15, 0.2) is 24.4 Å². The summed E-state index contributed by atoms with van der Waals surface area (Å²) in [6.45, 7) is 3.71. The molecule has 116 valence electrons. The topological polar surface area (TPSA) is 24.1 Å². The van der Waals surface area contributed by atoms with Crippen LogP contribution >= 0.6 is 0 Å². The van der Waals surface area contributed by atoms with Crippen LogP contribution in [-0.2, 0) is 13.0 Å². The number of aromatic nitrogens is 1. The lowest BCUT2D eigenvalue weighted by Gasteiger charge is -2.04. The Kier molecular flexibility index (Phi) is 13.3. The lowest BCUT2D eigenvalue weighted by molar-refractivity contribution is -0.704. The molecule has 0 spiro atoms. The first kappa shape index (κ1) is 19.6. The van der Waals surface area contributed by atoms with Crippen molar-refractivity contribution in [2.24, 2.45) is 0 Å². The Balaban J connectivity index is 0.00000361. The Morgan fingerprint density at radius 3 is 2.45 bits per heavy atom. The van der Waals surface area contributed by atoms with Gasteiger partial charge in [0.2, 0.25) is 0 Å². The molecule has 1 heterocycles. The number of rotatable bonds is 11. The monoisotopic (exact) mass is 343 g/mol. The van der Waals surface area contributed by atoms with E-state index in [9.17, 15) is 0 Å². The molecule has 2 nitrogen and oxygen atoms in total. The molecule has 0 aliphatic heterocycles. The number of pyridine rings is 1. The summed E-state index contributed by atoms with van der Waals surface area (Å²) in [5.41, 5.74) is 1.47. The Morgan fingerprint density at radius 2 is 1.70 bits per heavy atom. The number of hydrogen-bond donors (Lipinski definition) is 1. The highest BCUT2D eigenvalue weighted by molar-refractivity contribution is 4.97. The fraction of sp³-hybridized carbons (Fsp3) is 0.706. The standard InChI is InChI=1S/C17H30NO.BrH/c1-2-3-4-7-12-17-13-8-10-15-18(17)14-9-5-6-11-16-19;/h8,10,13,15,19H,2-7,9,11-12,14,16H2,1H3;1H/q+1;/p-1. The van der Waals surface area contributed by atoms with Crippen LogP contribution in [0.25, 0.3) is 0 Å². The molecule has 0 aliphatic rings. The van der Waals surface area contributed by atoms with E-state index in [0.717, 1.165) is 19.4 Å². The van der Waals surface area contributed by atoms with Gasteiger partial charge in [0.25, 0.3) is 0 Å². The largest absolute Gasteiger partial charge is 1.00 e. The number of nitrogens with zero attached hydrogens (tertiary/aromatic N) is 1. The van der Waals surface area contributed by atoms with Crippen LogP contribution in [0.3, 0.4) is 0 Å². The summed E-state index contributed by atoms with van der Waals surface area (Å²) < 4.78 is 2.41. The zero-order valence-electron chi connectivity index (χ0n) is 12.9. The number of aliphatic hydroxyl groups is 1. The first-order valence-electron chi connectivity index (χ1n) is 7.96. The van der Waals surface area contributed by atoms with Crippen LogP contribution < -0.4 is 21.5 Å². The van der Waals surface area contributed by atoms with Crippen molar-refractivity contribution in [2.45, 2.75) is 71.3 Å². The predicted octanol–water partition coefficient (Wildman–Crippen LogP) is 0.654. The highest BCUT2D eigenvalue weighted by Gasteiger charge is 2.08. The highest BCUT2D eigenvalue weighted by atomic mass is 79.9. The molecule has 1 aromatic rings. The molecule has 0 fully saturated rings. The molecule has 0 unspecified atom stereocenters. The summed E-state index contributed by atoms with van der Waals surface area (Å²) in [7, 11) is 0. The third kappa shape index (κ3) is 8.70. The van der Waals surface area contributed by atoms with Gasteiger partial charge >= 0.3 is 0 Å². The second kappa shape index (κ2) is 13.6. The number of aryl methyl sites for hydroxylation is 2. The van der Waals surface area contributed by atoms with E-state index in [1.54, 1.807) is 0 Å². The maximum absolute atomic E-state index is 8.76. The Hall–Kier alpha value is -0.410. The maximum atomic E-state index is 8.76. The molecule has 0 saturated carbocycles. The second-order valence-corrected chi connectivity index (χ2v) is 5.33.